The van der Waals surface area contributed by atoms with Gasteiger partial charge in [-0.25, -0.2) is 9.79 Å². The van der Waals surface area contributed by atoms with E-state index in [0.29, 0.717) is 54.6 Å². The van der Waals surface area contributed by atoms with Crippen LogP contribution in [0.25, 0.3) is 17.4 Å². The molecule has 0 bridgehead atoms. The maximum absolute atomic E-state index is 13.8. The molecular weight excluding hydrogens is 534 g/mol. The number of carbonyl (C=O) groups is 1. The molecule has 40 heavy (non-hydrogen) atoms. The van der Waals surface area contributed by atoms with Crippen LogP contribution in [0.5, 0.6) is 5.75 Å². The summed E-state index contributed by atoms with van der Waals surface area (Å²) >= 11 is 1.19. The van der Waals surface area contributed by atoms with E-state index in [1.807, 2.05) is 12.1 Å². The summed E-state index contributed by atoms with van der Waals surface area (Å²) in [7, 11) is 1.56. The van der Waals surface area contributed by atoms with Gasteiger partial charge in [0, 0.05) is 23.8 Å². The molecule has 0 saturated heterocycles. The first-order chi connectivity index (χ1) is 19.2. The van der Waals surface area contributed by atoms with Crippen molar-refractivity contribution in [2.75, 3.05) is 13.7 Å². The molecule has 0 radical (unpaired) electrons. The molecule has 10 nitrogen and oxygen atoms in total. The molecule has 1 aliphatic rings. The fraction of sp³-hybridized carbons (Fsp3) is 0.207. The second-order valence-electron chi connectivity index (χ2n) is 9.03. The van der Waals surface area contributed by atoms with Gasteiger partial charge in [-0.3, -0.25) is 19.5 Å². The lowest BCUT2D eigenvalue weighted by molar-refractivity contribution is -0.384. The van der Waals surface area contributed by atoms with Crippen molar-refractivity contribution in [3.63, 3.8) is 0 Å². The zero-order chi connectivity index (χ0) is 28.6. The van der Waals surface area contributed by atoms with Crippen LogP contribution < -0.4 is 19.6 Å². The SMILES string of the molecule is CCOC(=O)C1=C(C)N=c2s/c(=C\c3ccc(-c4ccc([N+](=O)[O-])cc4C)o3)c(=O)n2[C@@H]1c1ccc(OC)cc1. The van der Waals surface area contributed by atoms with Gasteiger partial charge in [0.05, 0.1) is 40.5 Å². The molecule has 0 fully saturated rings. The first-order valence-electron chi connectivity index (χ1n) is 12.4. The van der Waals surface area contributed by atoms with E-state index >= 15 is 0 Å². The number of ether oxygens (including phenoxy) is 2. The zero-order valence-corrected chi connectivity index (χ0v) is 23.0. The van der Waals surface area contributed by atoms with Gasteiger partial charge >= 0.3 is 5.97 Å². The molecule has 2 aromatic heterocycles. The van der Waals surface area contributed by atoms with E-state index < -0.39 is 16.9 Å². The summed E-state index contributed by atoms with van der Waals surface area (Å²) in [6, 6.07) is 14.4. The number of fused-ring (bicyclic) bond motifs is 1. The molecule has 0 aliphatic carbocycles. The number of nitrogens with zero attached hydrogens (tertiary/aromatic N) is 3. The van der Waals surface area contributed by atoms with Crippen LogP contribution in [0.3, 0.4) is 0 Å². The van der Waals surface area contributed by atoms with E-state index in [-0.39, 0.29) is 17.9 Å². The highest BCUT2D eigenvalue weighted by molar-refractivity contribution is 7.07. The second-order valence-corrected chi connectivity index (χ2v) is 10.0. The Bertz CT molecular complexity index is 1850. The largest absolute Gasteiger partial charge is 0.497 e. The molecule has 4 aromatic rings. The summed E-state index contributed by atoms with van der Waals surface area (Å²) < 4.78 is 18.5. The van der Waals surface area contributed by atoms with Crippen LogP contribution in [0, 0.1) is 17.0 Å². The quantitative estimate of drug-likeness (QED) is 0.188. The van der Waals surface area contributed by atoms with Crippen LogP contribution in [0.1, 0.15) is 36.8 Å². The van der Waals surface area contributed by atoms with Gasteiger partial charge in [0.25, 0.3) is 11.2 Å². The number of methoxy groups -OCH3 is 1. The minimum absolute atomic E-state index is 0.00182. The Balaban J connectivity index is 1.60. The van der Waals surface area contributed by atoms with Crippen molar-refractivity contribution >= 4 is 29.1 Å². The molecule has 5 rings (SSSR count). The van der Waals surface area contributed by atoms with Crippen LogP contribution in [-0.4, -0.2) is 29.2 Å². The summed E-state index contributed by atoms with van der Waals surface area (Å²) in [5.41, 5.74) is 2.54. The number of thiazole rings is 1. The van der Waals surface area contributed by atoms with E-state index in [9.17, 15) is 19.7 Å². The number of benzene rings is 2. The predicted octanol–water partition coefficient (Wildman–Crippen LogP) is 4.28. The van der Waals surface area contributed by atoms with Crippen LogP contribution in [0.2, 0.25) is 0 Å². The number of nitro benzene ring substituents is 1. The maximum Gasteiger partial charge on any atom is 0.338 e. The zero-order valence-electron chi connectivity index (χ0n) is 22.2. The summed E-state index contributed by atoms with van der Waals surface area (Å²) in [4.78, 5) is 42.4. The molecule has 11 heteroatoms. The molecule has 0 saturated carbocycles. The Morgan fingerprint density at radius 3 is 2.58 bits per heavy atom. The van der Waals surface area contributed by atoms with Gasteiger partial charge in [0.2, 0.25) is 0 Å². The Morgan fingerprint density at radius 1 is 1.18 bits per heavy atom. The van der Waals surface area contributed by atoms with E-state index in [1.165, 1.54) is 28.0 Å². The van der Waals surface area contributed by atoms with Crippen LogP contribution in [0.4, 0.5) is 5.69 Å². The van der Waals surface area contributed by atoms with Gasteiger partial charge in [-0.1, -0.05) is 23.5 Å². The van der Waals surface area contributed by atoms with Gasteiger partial charge in [-0.2, -0.15) is 0 Å². The number of hydrogen-bond donors (Lipinski definition) is 0. The van der Waals surface area contributed by atoms with Crippen LogP contribution >= 0.6 is 11.3 Å². The highest BCUT2D eigenvalue weighted by atomic mass is 32.1. The summed E-state index contributed by atoms with van der Waals surface area (Å²) in [6.45, 7) is 5.40. The molecule has 0 spiro atoms. The molecule has 3 heterocycles. The van der Waals surface area contributed by atoms with Gasteiger partial charge in [-0.15, -0.1) is 0 Å². The standard InChI is InChI=1S/C29H25N3O7S/c1-5-38-28(34)25-17(3)30-29-31(26(25)18-6-9-20(37-4)10-7-18)27(33)24(40-29)15-21-11-13-23(39-21)22-12-8-19(32(35)36)14-16(22)2/h6-15,26H,5H2,1-4H3/b24-15-/t26-/m1/s1. The molecule has 1 aliphatic heterocycles. The van der Waals surface area contributed by atoms with Gasteiger partial charge in [0.15, 0.2) is 4.80 Å². The Labute approximate surface area is 232 Å². The third-order valence-corrected chi connectivity index (χ3v) is 7.52. The Morgan fingerprint density at radius 2 is 1.93 bits per heavy atom. The van der Waals surface area contributed by atoms with Crippen molar-refractivity contribution in [3.8, 4) is 17.1 Å². The predicted molar refractivity (Wildman–Crippen MR) is 149 cm³/mol. The van der Waals surface area contributed by atoms with Gasteiger partial charge in [0.1, 0.15) is 17.3 Å². The Hall–Kier alpha value is -4.77. The number of esters is 1. The fourth-order valence-electron chi connectivity index (χ4n) is 4.64. The number of hydrogen-bond acceptors (Lipinski definition) is 9. The number of furan rings is 1. The molecule has 2 aromatic carbocycles. The van der Waals surface area contributed by atoms with Gasteiger partial charge < -0.3 is 13.9 Å². The Kier molecular flexibility index (Phi) is 7.22. The summed E-state index contributed by atoms with van der Waals surface area (Å²) in [5.74, 6) is 1.06. The van der Waals surface area contributed by atoms with E-state index in [4.69, 9.17) is 13.9 Å². The fourth-order valence-corrected chi connectivity index (χ4v) is 5.66. The van der Waals surface area contributed by atoms with Crippen LogP contribution in [-0.2, 0) is 9.53 Å². The molecule has 0 amide bonds. The first kappa shape index (κ1) is 26.8. The number of nitro groups is 1. The van der Waals surface area contributed by atoms with Gasteiger partial charge in [-0.05, 0) is 62.2 Å². The average molecular weight is 560 g/mol. The third-order valence-electron chi connectivity index (χ3n) is 6.53. The van der Waals surface area contributed by atoms with E-state index in [0.717, 1.165) is 0 Å². The summed E-state index contributed by atoms with van der Waals surface area (Å²) in [6.07, 6.45) is 1.63. The van der Waals surface area contributed by atoms with Crippen molar-refractivity contribution in [2.45, 2.75) is 26.8 Å². The molecule has 204 valence electrons. The third kappa shape index (κ3) is 4.87. The van der Waals surface area contributed by atoms with E-state index in [2.05, 4.69) is 4.99 Å². The number of rotatable bonds is 7. The van der Waals surface area contributed by atoms with Crippen molar-refractivity contribution in [1.29, 1.82) is 0 Å². The number of allylic oxidation sites excluding steroid dienone is 1. The number of aromatic nitrogens is 1. The van der Waals surface area contributed by atoms with Crippen molar-refractivity contribution in [3.05, 3.63) is 113 Å². The maximum atomic E-state index is 13.8. The van der Waals surface area contributed by atoms with E-state index in [1.54, 1.807) is 64.3 Å². The number of non-ortho nitro benzene ring substituents is 1. The molecule has 1 atom stereocenters. The number of aryl methyl sites for hydroxylation is 1. The minimum atomic E-state index is -0.738. The van der Waals surface area contributed by atoms with Crippen LogP contribution in [0.15, 0.2) is 80.1 Å². The normalized spacial score (nSPS) is 15.0. The lowest BCUT2D eigenvalue weighted by atomic mass is 9.96. The average Bonchev–Trinajstić information content (AvgIpc) is 3.52. The number of carbonyl (C=O) groups excluding carboxylic acids is 1. The van der Waals surface area contributed by atoms with Crippen molar-refractivity contribution < 1.29 is 23.6 Å². The molecular formula is C29H25N3O7S. The molecule has 0 N–H and O–H groups in total. The first-order valence-corrected chi connectivity index (χ1v) is 13.2. The highest BCUT2D eigenvalue weighted by Crippen LogP contribution is 2.32. The lowest BCUT2D eigenvalue weighted by Crippen LogP contribution is -2.39. The minimum Gasteiger partial charge on any atom is -0.497 e. The smallest absolute Gasteiger partial charge is 0.338 e. The summed E-state index contributed by atoms with van der Waals surface area (Å²) in [5, 5.41) is 11.1. The topological polar surface area (TPSA) is 126 Å². The highest BCUT2D eigenvalue weighted by Gasteiger charge is 2.33. The molecule has 0 unspecified atom stereocenters. The van der Waals surface area contributed by atoms with Crippen molar-refractivity contribution in [1.82, 2.24) is 4.57 Å². The van der Waals surface area contributed by atoms with Crippen molar-refractivity contribution in [2.24, 2.45) is 4.99 Å². The second kappa shape index (κ2) is 10.8. The lowest BCUT2D eigenvalue weighted by Gasteiger charge is -2.24. The monoisotopic (exact) mass is 559 g/mol.